The first-order valence-electron chi connectivity index (χ1n) is 9.04. The van der Waals surface area contributed by atoms with Gasteiger partial charge in [-0.2, -0.15) is 0 Å². The summed E-state index contributed by atoms with van der Waals surface area (Å²) in [6, 6.07) is 1.45. The van der Waals surface area contributed by atoms with Gasteiger partial charge in [0.2, 0.25) is 0 Å². The largest absolute Gasteiger partial charge is 0.382 e. The molecule has 0 radical (unpaired) electrons. The van der Waals surface area contributed by atoms with Crippen molar-refractivity contribution in [3.05, 3.63) is 41.3 Å². The highest BCUT2D eigenvalue weighted by atomic mass is 35.5. The van der Waals surface area contributed by atoms with Gasteiger partial charge in [-0.1, -0.05) is 25.4 Å². The van der Waals surface area contributed by atoms with Crippen molar-refractivity contribution in [2.45, 2.75) is 46.3 Å². The monoisotopic (exact) mass is 403 g/mol. The van der Waals surface area contributed by atoms with Crippen LogP contribution in [0.3, 0.4) is 0 Å². The number of aromatic nitrogens is 4. The van der Waals surface area contributed by atoms with Gasteiger partial charge in [0.1, 0.15) is 16.8 Å². The minimum Gasteiger partial charge on any atom is -0.382 e. The summed E-state index contributed by atoms with van der Waals surface area (Å²) in [4.78, 5) is 16.9. The van der Waals surface area contributed by atoms with Crippen LogP contribution in [0.25, 0.3) is 22.3 Å². The lowest BCUT2D eigenvalue weighted by atomic mass is 10.1. The number of hydrogen-bond acceptors (Lipinski definition) is 6. The van der Waals surface area contributed by atoms with Gasteiger partial charge in [0.25, 0.3) is 0 Å². The highest BCUT2D eigenvalue weighted by Gasteiger charge is 2.21. The first kappa shape index (κ1) is 20.4. The first-order valence-corrected chi connectivity index (χ1v) is 9.42. The maximum atomic E-state index is 14.7. The molecule has 3 heterocycles. The smallest absolute Gasteiger partial charge is 0.159 e. The van der Waals surface area contributed by atoms with Crippen LogP contribution in [0.2, 0.25) is 5.02 Å². The Hall–Kier alpha value is -2.38. The summed E-state index contributed by atoms with van der Waals surface area (Å²) >= 11 is 6.35. The van der Waals surface area contributed by atoms with Gasteiger partial charge >= 0.3 is 0 Å². The maximum absolute atomic E-state index is 14.7. The van der Waals surface area contributed by atoms with E-state index in [4.69, 9.17) is 11.6 Å². The zero-order chi connectivity index (χ0) is 20.6. The molecular weight excluding hydrogens is 381 g/mol. The van der Waals surface area contributed by atoms with E-state index in [-0.39, 0.29) is 17.6 Å². The van der Waals surface area contributed by atoms with Gasteiger partial charge in [0.05, 0.1) is 16.2 Å². The fourth-order valence-electron chi connectivity index (χ4n) is 2.57. The number of nitrogens with one attached hydrogen (secondary N) is 1. The van der Waals surface area contributed by atoms with Crippen molar-refractivity contribution in [2.75, 3.05) is 5.32 Å². The lowest BCUT2D eigenvalue weighted by Gasteiger charge is -2.20. The Kier molecular flexibility index (Phi) is 5.50. The van der Waals surface area contributed by atoms with Crippen molar-refractivity contribution in [2.24, 2.45) is 5.92 Å². The highest BCUT2D eigenvalue weighted by Crippen LogP contribution is 2.32. The van der Waals surface area contributed by atoms with E-state index in [0.717, 1.165) is 0 Å². The molecule has 1 atom stereocenters. The molecule has 6 nitrogen and oxygen atoms in total. The van der Waals surface area contributed by atoms with Gasteiger partial charge in [0.15, 0.2) is 11.6 Å². The second-order valence-electron chi connectivity index (χ2n) is 7.70. The predicted molar refractivity (Wildman–Crippen MR) is 109 cm³/mol. The number of anilines is 1. The number of fused-ring (bicyclic) bond motifs is 1. The van der Waals surface area contributed by atoms with E-state index in [1.165, 1.54) is 24.7 Å². The van der Waals surface area contributed by atoms with E-state index in [1.54, 1.807) is 13.8 Å². The van der Waals surface area contributed by atoms with Crippen molar-refractivity contribution < 1.29 is 9.50 Å². The minimum atomic E-state index is -1.19. The molecule has 3 rings (SSSR count). The van der Waals surface area contributed by atoms with Crippen molar-refractivity contribution in [3.8, 4) is 11.3 Å². The fourth-order valence-corrected chi connectivity index (χ4v) is 2.76. The summed E-state index contributed by atoms with van der Waals surface area (Å²) in [7, 11) is 0. The third-order valence-electron chi connectivity index (χ3n) is 4.59. The normalized spacial score (nSPS) is 13.2. The minimum absolute atomic E-state index is 0.0964. The average Bonchev–Trinajstić information content (AvgIpc) is 2.63. The molecule has 28 heavy (non-hydrogen) atoms. The molecule has 0 aromatic carbocycles. The fraction of sp³-hybridized carbons (Fsp3) is 0.400. The molecule has 0 spiro atoms. The van der Waals surface area contributed by atoms with Gasteiger partial charge in [0, 0.05) is 36.3 Å². The Bertz CT molecular complexity index is 1000. The van der Waals surface area contributed by atoms with Crippen LogP contribution in [-0.4, -0.2) is 31.1 Å². The van der Waals surface area contributed by atoms with E-state index in [9.17, 15) is 9.50 Å². The average molecular weight is 404 g/mol. The molecule has 0 bridgehead atoms. The molecule has 0 saturated heterocycles. The van der Waals surface area contributed by atoms with E-state index in [1.807, 2.05) is 6.92 Å². The molecule has 2 N–H and O–H groups in total. The van der Waals surface area contributed by atoms with Gasteiger partial charge in [-0.3, -0.25) is 4.98 Å². The quantitative estimate of drug-likeness (QED) is 0.649. The Labute approximate surface area is 168 Å². The van der Waals surface area contributed by atoms with Gasteiger partial charge in [-0.15, -0.1) is 0 Å². The topological polar surface area (TPSA) is 83.8 Å². The molecule has 0 amide bonds. The summed E-state index contributed by atoms with van der Waals surface area (Å²) in [5.41, 5.74) is 0.800. The number of hydrogen-bond donors (Lipinski definition) is 2. The highest BCUT2D eigenvalue weighted by molar-refractivity contribution is 6.34. The number of halogens is 2. The molecule has 0 aliphatic heterocycles. The molecule has 3 aromatic heterocycles. The number of aliphatic hydroxyl groups is 1. The third kappa shape index (κ3) is 4.05. The second kappa shape index (κ2) is 7.56. The summed E-state index contributed by atoms with van der Waals surface area (Å²) < 4.78 is 14.7. The van der Waals surface area contributed by atoms with Crippen LogP contribution < -0.4 is 5.32 Å². The summed E-state index contributed by atoms with van der Waals surface area (Å²) in [6.45, 7) is 9.39. The van der Waals surface area contributed by atoms with Crippen LogP contribution >= 0.6 is 11.6 Å². The maximum Gasteiger partial charge on any atom is 0.159 e. The lowest BCUT2D eigenvalue weighted by Crippen LogP contribution is -2.22. The molecule has 0 aliphatic carbocycles. The zero-order valence-electron chi connectivity index (χ0n) is 16.5. The third-order valence-corrected chi connectivity index (χ3v) is 4.88. The molecule has 0 aliphatic rings. The molecule has 1 unspecified atom stereocenters. The Balaban J connectivity index is 2.13. The van der Waals surface area contributed by atoms with E-state index in [2.05, 4.69) is 39.1 Å². The van der Waals surface area contributed by atoms with Crippen molar-refractivity contribution in [1.29, 1.82) is 0 Å². The Morgan fingerprint density at radius 2 is 1.75 bits per heavy atom. The molecule has 148 valence electrons. The van der Waals surface area contributed by atoms with Crippen LogP contribution in [0.4, 0.5) is 10.1 Å². The summed E-state index contributed by atoms with van der Waals surface area (Å²) in [5.74, 6) is 0.0713. The van der Waals surface area contributed by atoms with Crippen LogP contribution in [0.5, 0.6) is 0 Å². The van der Waals surface area contributed by atoms with Gasteiger partial charge < -0.3 is 10.4 Å². The zero-order valence-corrected chi connectivity index (χ0v) is 17.2. The lowest BCUT2D eigenvalue weighted by molar-refractivity contribution is 0.0687. The van der Waals surface area contributed by atoms with Crippen LogP contribution in [0.15, 0.2) is 24.7 Å². The van der Waals surface area contributed by atoms with Gasteiger partial charge in [-0.25, -0.2) is 19.3 Å². The molecule has 8 heteroatoms. The van der Waals surface area contributed by atoms with Crippen LogP contribution in [0, 0.1) is 11.7 Å². The Morgan fingerprint density at radius 3 is 2.32 bits per heavy atom. The number of nitrogens with zero attached hydrogens (tertiary/aromatic N) is 4. The summed E-state index contributed by atoms with van der Waals surface area (Å²) in [5, 5.41) is 13.8. The van der Waals surface area contributed by atoms with Crippen molar-refractivity contribution in [1.82, 2.24) is 19.9 Å². The standard InChI is InChI=1S/C20H23ClFN5O/c1-10(2)11(3)26-17-13(21)9-23-15-6-14(22)16(27-18(15)17)12-7-24-19(25-8-12)20(4,5)28/h6-11,28H,1-5H3,(H,23,26). The Morgan fingerprint density at radius 1 is 1.11 bits per heavy atom. The van der Waals surface area contributed by atoms with Crippen molar-refractivity contribution in [3.63, 3.8) is 0 Å². The SMILES string of the molecule is CC(C)C(C)Nc1c(Cl)cnc2cc(F)c(-c3cnc(C(C)(C)O)nc3)nc12. The predicted octanol–water partition coefficient (Wildman–Crippen LogP) is 4.56. The van der Waals surface area contributed by atoms with Crippen LogP contribution in [0.1, 0.15) is 40.4 Å². The molecular formula is C20H23ClFN5O. The van der Waals surface area contributed by atoms with E-state index < -0.39 is 11.4 Å². The van der Waals surface area contributed by atoms with E-state index in [0.29, 0.717) is 33.2 Å². The molecule has 0 fully saturated rings. The van der Waals surface area contributed by atoms with E-state index >= 15 is 0 Å². The van der Waals surface area contributed by atoms with Crippen LogP contribution in [-0.2, 0) is 5.60 Å². The molecule has 3 aromatic rings. The molecule has 0 saturated carbocycles. The van der Waals surface area contributed by atoms with Gasteiger partial charge in [-0.05, 0) is 26.7 Å². The number of rotatable bonds is 5. The van der Waals surface area contributed by atoms with Crippen molar-refractivity contribution >= 4 is 28.3 Å². The second-order valence-corrected chi connectivity index (χ2v) is 8.11. The first-order chi connectivity index (χ1) is 13.1. The summed E-state index contributed by atoms with van der Waals surface area (Å²) in [6.07, 6.45) is 4.38. The number of pyridine rings is 2.